The summed E-state index contributed by atoms with van der Waals surface area (Å²) in [5, 5.41) is 11.3. The summed E-state index contributed by atoms with van der Waals surface area (Å²) in [4.78, 5) is 26.9. The number of primary amides is 1. The molecular weight excluding hydrogens is 356 g/mol. The number of nitrogens with two attached hydrogens (primary N) is 1. The van der Waals surface area contributed by atoms with Crippen LogP contribution in [0.15, 0.2) is 36.4 Å². The molecule has 2 aromatic rings. The molecule has 2 N–H and O–H groups in total. The van der Waals surface area contributed by atoms with E-state index in [1.807, 2.05) is 24.1 Å². The Bertz CT molecular complexity index is 959. The zero-order valence-corrected chi connectivity index (χ0v) is 16.1. The molecule has 1 saturated heterocycles. The van der Waals surface area contributed by atoms with Crippen LogP contribution in [0.5, 0.6) is 0 Å². The summed E-state index contributed by atoms with van der Waals surface area (Å²) in [6.45, 7) is 2.88. The third kappa shape index (κ3) is 2.96. The Morgan fingerprint density at radius 3 is 2.75 bits per heavy atom. The molecule has 2 aromatic carbocycles. The Labute approximate surface area is 163 Å². The highest BCUT2D eigenvalue weighted by Crippen LogP contribution is 2.50. The van der Waals surface area contributed by atoms with E-state index in [0.29, 0.717) is 6.42 Å². The second-order valence-electron chi connectivity index (χ2n) is 7.77. The molecule has 2 heterocycles. The van der Waals surface area contributed by atoms with Gasteiger partial charge in [-0.2, -0.15) is 0 Å². The van der Waals surface area contributed by atoms with Crippen LogP contribution < -0.4 is 15.5 Å². The second-order valence-corrected chi connectivity index (χ2v) is 7.77. The maximum Gasteiger partial charge on any atom is 0.271 e. The second kappa shape index (κ2) is 6.82. The van der Waals surface area contributed by atoms with Gasteiger partial charge >= 0.3 is 0 Å². The number of nitro benzene ring substituents is 1. The van der Waals surface area contributed by atoms with Crippen molar-refractivity contribution in [3.63, 3.8) is 0 Å². The van der Waals surface area contributed by atoms with Crippen LogP contribution in [-0.4, -0.2) is 24.4 Å². The van der Waals surface area contributed by atoms with Crippen LogP contribution in [0, 0.1) is 23.0 Å². The van der Waals surface area contributed by atoms with Gasteiger partial charge in [-0.3, -0.25) is 14.9 Å². The van der Waals surface area contributed by atoms with E-state index in [4.69, 9.17) is 5.73 Å². The van der Waals surface area contributed by atoms with Crippen LogP contribution in [0.3, 0.4) is 0 Å². The number of non-ortho nitro benzene ring substituents is 1. The molecule has 1 fully saturated rings. The number of aryl methyl sites for hydroxylation is 1. The number of carbonyl (C=O) groups excluding carboxylic acids is 1. The predicted octanol–water partition coefficient (Wildman–Crippen LogP) is 3.82. The van der Waals surface area contributed by atoms with Gasteiger partial charge in [0, 0.05) is 43.4 Å². The Kier molecular flexibility index (Phi) is 4.45. The molecule has 0 aromatic heterocycles. The summed E-state index contributed by atoms with van der Waals surface area (Å²) in [6, 6.07) is 11.4. The Morgan fingerprint density at radius 1 is 1.25 bits per heavy atom. The molecule has 7 heteroatoms. The zero-order chi connectivity index (χ0) is 20.0. The van der Waals surface area contributed by atoms with Crippen LogP contribution in [0.25, 0.3) is 0 Å². The van der Waals surface area contributed by atoms with E-state index in [2.05, 4.69) is 24.0 Å². The minimum absolute atomic E-state index is 0.0851. The smallest absolute Gasteiger partial charge is 0.271 e. The first-order valence-electron chi connectivity index (χ1n) is 9.53. The van der Waals surface area contributed by atoms with Gasteiger partial charge in [0.05, 0.1) is 22.3 Å². The van der Waals surface area contributed by atoms with E-state index in [1.165, 1.54) is 11.1 Å². The summed E-state index contributed by atoms with van der Waals surface area (Å²) in [6.07, 6.45) is 2.11. The molecule has 2 unspecified atom stereocenters. The third-order valence-corrected chi connectivity index (χ3v) is 6.04. The maximum absolute atomic E-state index is 11.5. The van der Waals surface area contributed by atoms with Crippen molar-refractivity contribution in [3.8, 4) is 0 Å². The van der Waals surface area contributed by atoms with E-state index in [0.717, 1.165) is 36.4 Å². The number of carbonyl (C=O) groups is 1. The van der Waals surface area contributed by atoms with Crippen molar-refractivity contribution < 1.29 is 9.72 Å². The summed E-state index contributed by atoms with van der Waals surface area (Å²) in [5.74, 6) is -0.0127. The highest BCUT2D eigenvalue weighted by Gasteiger charge is 2.37. The van der Waals surface area contributed by atoms with Crippen molar-refractivity contribution in [2.24, 2.45) is 11.7 Å². The lowest BCUT2D eigenvalue weighted by Crippen LogP contribution is -2.38. The molecular formula is C21H24N4O3. The van der Waals surface area contributed by atoms with Gasteiger partial charge in [0.1, 0.15) is 0 Å². The van der Waals surface area contributed by atoms with E-state index in [1.54, 1.807) is 12.1 Å². The lowest BCUT2D eigenvalue weighted by atomic mass is 9.83. The Hall–Kier alpha value is -3.09. The number of benzene rings is 2. The minimum atomic E-state index is -0.354. The monoisotopic (exact) mass is 380 g/mol. The fourth-order valence-corrected chi connectivity index (χ4v) is 4.73. The molecule has 4 rings (SSSR count). The van der Waals surface area contributed by atoms with Crippen molar-refractivity contribution in [2.45, 2.75) is 32.2 Å². The fourth-order valence-electron chi connectivity index (χ4n) is 4.73. The van der Waals surface area contributed by atoms with Crippen molar-refractivity contribution in [1.82, 2.24) is 0 Å². The molecule has 1 amide bonds. The molecule has 146 valence electrons. The molecule has 2 aliphatic heterocycles. The highest BCUT2D eigenvalue weighted by atomic mass is 16.6. The number of anilines is 3. The van der Waals surface area contributed by atoms with Crippen molar-refractivity contribution in [2.75, 3.05) is 23.4 Å². The number of hydrogen-bond acceptors (Lipinski definition) is 5. The fraction of sp³-hybridized carbons (Fsp3) is 0.381. The van der Waals surface area contributed by atoms with Crippen LogP contribution >= 0.6 is 0 Å². The molecule has 28 heavy (non-hydrogen) atoms. The molecule has 2 atom stereocenters. The van der Waals surface area contributed by atoms with Gasteiger partial charge in [-0.1, -0.05) is 12.1 Å². The number of piperidine rings is 1. The standard InChI is InChI=1S/C21H24N4O3/c1-13-4-3-5-17-21(13)19-10-14(11-20(22)26)8-9-24(19)16-7-6-15(25(27)28)12-18(16)23(17)2/h3-7,12,14,19H,8-11H2,1-2H3,(H2,22,26). The van der Waals surface area contributed by atoms with E-state index in [-0.39, 0.29) is 28.5 Å². The lowest BCUT2D eigenvalue weighted by molar-refractivity contribution is -0.384. The zero-order valence-electron chi connectivity index (χ0n) is 16.1. The summed E-state index contributed by atoms with van der Waals surface area (Å²) >= 11 is 0. The highest BCUT2D eigenvalue weighted by molar-refractivity contribution is 5.84. The molecule has 2 aliphatic rings. The molecule has 0 bridgehead atoms. The summed E-state index contributed by atoms with van der Waals surface area (Å²) in [5.41, 5.74) is 10.8. The van der Waals surface area contributed by atoms with Crippen LogP contribution in [0.4, 0.5) is 22.7 Å². The molecule has 0 spiro atoms. The van der Waals surface area contributed by atoms with Gasteiger partial charge in [0.2, 0.25) is 5.91 Å². The predicted molar refractivity (Wildman–Crippen MR) is 109 cm³/mol. The average Bonchev–Trinajstić information content (AvgIpc) is 2.75. The van der Waals surface area contributed by atoms with Crippen molar-refractivity contribution >= 4 is 28.7 Å². The number of fused-ring (bicyclic) bond motifs is 5. The van der Waals surface area contributed by atoms with E-state index in [9.17, 15) is 14.9 Å². The first-order valence-corrected chi connectivity index (χ1v) is 9.53. The topological polar surface area (TPSA) is 92.7 Å². The van der Waals surface area contributed by atoms with Gasteiger partial charge < -0.3 is 15.5 Å². The Morgan fingerprint density at radius 2 is 2.04 bits per heavy atom. The molecule has 7 nitrogen and oxygen atoms in total. The average molecular weight is 380 g/mol. The normalized spacial score (nSPS) is 20.6. The van der Waals surface area contributed by atoms with Crippen LogP contribution in [0.1, 0.15) is 36.4 Å². The summed E-state index contributed by atoms with van der Waals surface area (Å²) < 4.78 is 0. The van der Waals surface area contributed by atoms with E-state index < -0.39 is 0 Å². The lowest BCUT2D eigenvalue weighted by Gasteiger charge is -2.41. The number of nitro groups is 1. The number of rotatable bonds is 3. The van der Waals surface area contributed by atoms with E-state index >= 15 is 0 Å². The Balaban J connectivity index is 1.88. The van der Waals surface area contributed by atoms with Gasteiger partial charge in [-0.15, -0.1) is 0 Å². The number of hydrogen-bond donors (Lipinski definition) is 1. The quantitative estimate of drug-likeness (QED) is 0.645. The van der Waals surface area contributed by atoms with Gasteiger partial charge in [0.25, 0.3) is 5.69 Å². The first-order chi connectivity index (χ1) is 13.4. The summed E-state index contributed by atoms with van der Waals surface area (Å²) in [7, 11) is 1.96. The van der Waals surface area contributed by atoms with Crippen molar-refractivity contribution in [3.05, 3.63) is 57.6 Å². The number of nitrogens with zero attached hydrogens (tertiary/aromatic N) is 3. The molecule has 0 saturated carbocycles. The van der Waals surface area contributed by atoms with Gasteiger partial charge in [-0.05, 0) is 43.4 Å². The van der Waals surface area contributed by atoms with Crippen molar-refractivity contribution in [1.29, 1.82) is 0 Å². The molecule has 0 aliphatic carbocycles. The number of amides is 1. The SMILES string of the molecule is Cc1cccc2c1C1CC(CC(N)=O)CCN1c1ccc([N+](=O)[O-])cc1N2C. The van der Waals surface area contributed by atoms with Crippen LogP contribution in [-0.2, 0) is 4.79 Å². The van der Waals surface area contributed by atoms with Gasteiger partial charge in [-0.25, -0.2) is 0 Å². The minimum Gasteiger partial charge on any atom is -0.370 e. The molecule has 0 radical (unpaired) electrons. The largest absolute Gasteiger partial charge is 0.370 e. The van der Waals surface area contributed by atoms with Crippen LogP contribution in [0.2, 0.25) is 0 Å². The third-order valence-electron chi connectivity index (χ3n) is 6.04. The van der Waals surface area contributed by atoms with Gasteiger partial charge in [0.15, 0.2) is 0 Å². The first kappa shape index (κ1) is 18.3. The maximum atomic E-state index is 11.5.